The molecule has 0 aromatic carbocycles. The van der Waals surface area contributed by atoms with Crippen LogP contribution in [0, 0.1) is 13.8 Å². The lowest BCUT2D eigenvalue weighted by Gasteiger charge is -2.24. The van der Waals surface area contributed by atoms with Gasteiger partial charge >= 0.3 is 5.97 Å². The summed E-state index contributed by atoms with van der Waals surface area (Å²) in [6.45, 7) is 5.87. The second kappa shape index (κ2) is 5.43. The first-order valence-electron chi connectivity index (χ1n) is 5.82. The Hall–Kier alpha value is -1.83. The van der Waals surface area contributed by atoms with Gasteiger partial charge in [0.15, 0.2) is 11.7 Å². The van der Waals surface area contributed by atoms with Gasteiger partial charge in [0.2, 0.25) is 0 Å². The van der Waals surface area contributed by atoms with E-state index in [2.05, 4.69) is 14.4 Å². The summed E-state index contributed by atoms with van der Waals surface area (Å²) in [5.41, 5.74) is 7.89. The van der Waals surface area contributed by atoms with Crippen molar-refractivity contribution in [1.82, 2.24) is 9.97 Å². The minimum atomic E-state index is -0.336. The molecule has 1 aromatic rings. The van der Waals surface area contributed by atoms with Crippen molar-refractivity contribution in [3.05, 3.63) is 17.1 Å². The number of nitrogens with two attached hydrogens (primary N) is 1. The van der Waals surface area contributed by atoms with Crippen LogP contribution in [0.25, 0.3) is 0 Å². The zero-order valence-electron chi connectivity index (χ0n) is 11.0. The van der Waals surface area contributed by atoms with E-state index in [-0.39, 0.29) is 12.5 Å². The lowest BCUT2D eigenvalue weighted by Crippen LogP contribution is -2.32. The molecule has 19 heavy (non-hydrogen) atoms. The van der Waals surface area contributed by atoms with Crippen LogP contribution in [0.4, 0.5) is 5.82 Å². The zero-order valence-corrected chi connectivity index (χ0v) is 11.8. The molecule has 0 bridgehead atoms. The molecule has 0 aliphatic carbocycles. The largest absolute Gasteiger partial charge is 0.465 e. The number of amidine groups is 1. The molecule has 0 radical (unpaired) electrons. The summed E-state index contributed by atoms with van der Waals surface area (Å²) >= 11 is 1.08. The first-order valence-corrected chi connectivity index (χ1v) is 6.55. The highest BCUT2D eigenvalue weighted by molar-refractivity contribution is 7.99. The molecule has 8 heteroatoms. The lowest BCUT2D eigenvalue weighted by molar-refractivity contribution is -0.141. The Balaban J connectivity index is 2.32. The third-order valence-corrected chi connectivity index (χ3v) is 3.36. The van der Waals surface area contributed by atoms with E-state index >= 15 is 0 Å². The first kappa shape index (κ1) is 13.6. The first-order chi connectivity index (χ1) is 9.02. The van der Waals surface area contributed by atoms with Gasteiger partial charge in [0.25, 0.3) is 0 Å². The molecule has 0 spiro atoms. The van der Waals surface area contributed by atoms with Crippen LogP contribution in [-0.4, -0.2) is 34.9 Å². The van der Waals surface area contributed by atoms with Gasteiger partial charge in [0.1, 0.15) is 12.2 Å². The molecule has 2 N–H and O–H groups in total. The van der Waals surface area contributed by atoms with Crippen LogP contribution in [0.2, 0.25) is 0 Å². The van der Waals surface area contributed by atoms with Gasteiger partial charge < -0.3 is 10.5 Å². The van der Waals surface area contributed by atoms with E-state index in [1.165, 1.54) is 0 Å². The van der Waals surface area contributed by atoms with Gasteiger partial charge in [0, 0.05) is 0 Å². The lowest BCUT2D eigenvalue weighted by atomic mass is 10.3. The van der Waals surface area contributed by atoms with Gasteiger partial charge in [-0.1, -0.05) is 0 Å². The number of ether oxygens (including phenoxy) is 1. The second-order valence-corrected chi connectivity index (χ2v) is 4.75. The maximum atomic E-state index is 11.5. The Kier molecular flexibility index (Phi) is 3.89. The molecule has 2 rings (SSSR count). The van der Waals surface area contributed by atoms with Crippen molar-refractivity contribution in [1.29, 1.82) is 0 Å². The van der Waals surface area contributed by atoms with Crippen molar-refractivity contribution >= 4 is 29.8 Å². The molecular formula is C11H15N5O2S. The van der Waals surface area contributed by atoms with Crippen molar-refractivity contribution in [2.75, 3.05) is 17.5 Å². The molecule has 0 fully saturated rings. The van der Waals surface area contributed by atoms with Gasteiger partial charge in [-0.2, -0.15) is 4.40 Å². The van der Waals surface area contributed by atoms with Crippen molar-refractivity contribution in [3.8, 4) is 0 Å². The minimum absolute atomic E-state index is 0.0550. The number of hydrogen-bond donors (Lipinski definition) is 1. The number of rotatable bonds is 3. The summed E-state index contributed by atoms with van der Waals surface area (Å²) in [5.74, 6) is 0.529. The molecule has 0 unspecified atom stereocenters. The summed E-state index contributed by atoms with van der Waals surface area (Å²) in [6, 6.07) is 0. The number of hydrogen-bond acceptors (Lipinski definition) is 8. The molecule has 102 valence electrons. The summed E-state index contributed by atoms with van der Waals surface area (Å²) < 4.78 is 10.6. The molecule has 1 aromatic heterocycles. The molecule has 7 nitrogen and oxygen atoms in total. The number of esters is 1. The number of aromatic nitrogens is 2. The van der Waals surface area contributed by atoms with Crippen molar-refractivity contribution < 1.29 is 9.53 Å². The SMILES string of the molecule is CCOC(=O)CN1SN=C(N)c2nc(C)c(C)nc21. The number of carbonyl (C=O) groups is 1. The summed E-state index contributed by atoms with van der Waals surface area (Å²) in [7, 11) is 0. The van der Waals surface area contributed by atoms with Crippen LogP contribution < -0.4 is 10.0 Å². The van der Waals surface area contributed by atoms with Crippen LogP contribution in [0.15, 0.2) is 4.40 Å². The highest BCUT2D eigenvalue weighted by atomic mass is 32.2. The summed E-state index contributed by atoms with van der Waals surface area (Å²) in [6.07, 6.45) is 0. The van der Waals surface area contributed by atoms with Gasteiger partial charge in [-0.25, -0.2) is 9.97 Å². The van der Waals surface area contributed by atoms with E-state index in [1.54, 1.807) is 11.2 Å². The number of aryl methyl sites for hydroxylation is 2. The van der Waals surface area contributed by atoms with E-state index in [1.807, 2.05) is 13.8 Å². The third kappa shape index (κ3) is 2.78. The van der Waals surface area contributed by atoms with E-state index in [0.29, 0.717) is 24.0 Å². The van der Waals surface area contributed by atoms with Crippen LogP contribution in [0.1, 0.15) is 24.0 Å². The third-order valence-electron chi connectivity index (χ3n) is 2.58. The van der Waals surface area contributed by atoms with Crippen molar-refractivity contribution in [2.45, 2.75) is 20.8 Å². The van der Waals surface area contributed by atoms with Crippen LogP contribution in [-0.2, 0) is 9.53 Å². The molecule has 0 amide bonds. The van der Waals surface area contributed by atoms with Gasteiger partial charge in [0.05, 0.1) is 30.1 Å². The Bertz CT molecular complexity index is 546. The van der Waals surface area contributed by atoms with Gasteiger partial charge in [-0.15, -0.1) is 0 Å². The molecule has 0 saturated carbocycles. The smallest absolute Gasteiger partial charge is 0.326 e. The number of nitrogens with zero attached hydrogens (tertiary/aromatic N) is 4. The number of carbonyl (C=O) groups excluding carboxylic acids is 1. The van der Waals surface area contributed by atoms with Crippen LogP contribution >= 0.6 is 12.1 Å². The van der Waals surface area contributed by atoms with Gasteiger partial charge in [-0.3, -0.25) is 9.10 Å². The predicted molar refractivity (Wildman–Crippen MR) is 73.8 cm³/mol. The zero-order chi connectivity index (χ0) is 14.0. The second-order valence-electron chi connectivity index (χ2n) is 3.97. The Morgan fingerprint density at radius 3 is 2.74 bits per heavy atom. The average Bonchev–Trinajstić information content (AvgIpc) is 2.36. The average molecular weight is 281 g/mol. The molecule has 1 aliphatic rings. The van der Waals surface area contributed by atoms with Gasteiger partial charge in [-0.05, 0) is 20.8 Å². The topological polar surface area (TPSA) is 93.7 Å². The molecule has 2 heterocycles. The fourth-order valence-corrected chi connectivity index (χ4v) is 2.18. The summed E-state index contributed by atoms with van der Waals surface area (Å²) in [4.78, 5) is 20.4. The highest BCUT2D eigenvalue weighted by Gasteiger charge is 2.26. The summed E-state index contributed by atoms with van der Waals surface area (Å²) in [5, 5.41) is 0. The fourth-order valence-electron chi connectivity index (χ4n) is 1.54. The maximum absolute atomic E-state index is 11.5. The quantitative estimate of drug-likeness (QED) is 0.645. The molecule has 0 saturated heterocycles. The van der Waals surface area contributed by atoms with E-state index in [4.69, 9.17) is 10.5 Å². The number of fused-ring (bicyclic) bond motifs is 1. The fraction of sp³-hybridized carbons (Fsp3) is 0.455. The number of anilines is 1. The normalized spacial score (nSPS) is 13.8. The van der Waals surface area contributed by atoms with Crippen LogP contribution in [0.5, 0.6) is 0 Å². The minimum Gasteiger partial charge on any atom is -0.465 e. The van der Waals surface area contributed by atoms with E-state index < -0.39 is 0 Å². The Morgan fingerprint density at radius 1 is 1.37 bits per heavy atom. The van der Waals surface area contributed by atoms with Crippen molar-refractivity contribution in [3.63, 3.8) is 0 Å². The van der Waals surface area contributed by atoms with Crippen LogP contribution in [0.3, 0.4) is 0 Å². The Morgan fingerprint density at radius 2 is 2.05 bits per heavy atom. The monoisotopic (exact) mass is 281 g/mol. The highest BCUT2D eigenvalue weighted by Crippen LogP contribution is 2.29. The standard InChI is InChI=1S/C11H15N5O2S/c1-4-18-8(17)5-16-11-9(10(12)15-19-16)13-6(2)7(3)14-11/h4-5H2,1-3H3,(H2,12,15). The molecule has 1 aliphatic heterocycles. The van der Waals surface area contributed by atoms with E-state index in [9.17, 15) is 4.79 Å². The van der Waals surface area contributed by atoms with E-state index in [0.717, 1.165) is 23.5 Å². The molecular weight excluding hydrogens is 266 g/mol. The molecule has 0 atom stereocenters. The predicted octanol–water partition coefficient (Wildman–Crippen LogP) is 0.745. The Labute approximate surface area is 115 Å². The van der Waals surface area contributed by atoms with Crippen molar-refractivity contribution in [2.24, 2.45) is 10.1 Å². The maximum Gasteiger partial charge on any atom is 0.326 e.